The molecule has 3 aromatic rings. The van der Waals surface area contributed by atoms with Crippen LogP contribution in [-0.4, -0.2) is 91.7 Å². The van der Waals surface area contributed by atoms with Crippen LogP contribution in [0, 0.1) is 17.7 Å². The first-order valence-corrected chi connectivity index (χ1v) is 17.4. The molecular weight excluding hydrogens is 677 g/mol. The van der Waals surface area contributed by atoms with Crippen molar-refractivity contribution in [2.24, 2.45) is 0 Å². The van der Waals surface area contributed by atoms with E-state index in [2.05, 4.69) is 27.4 Å². The van der Waals surface area contributed by atoms with E-state index in [0.717, 1.165) is 57.2 Å². The minimum absolute atomic E-state index is 0.00595. The van der Waals surface area contributed by atoms with Crippen LogP contribution >= 0.6 is 11.3 Å². The summed E-state index contributed by atoms with van der Waals surface area (Å²) in [6.45, 7) is 4.27. The molecule has 2 heterocycles. The van der Waals surface area contributed by atoms with Gasteiger partial charge in [-0.2, -0.15) is 13.2 Å². The summed E-state index contributed by atoms with van der Waals surface area (Å²) in [7, 11) is -1.41. The molecular formula is C32H38F4N4O6S2. The van der Waals surface area contributed by atoms with E-state index in [4.69, 9.17) is 14.2 Å². The van der Waals surface area contributed by atoms with Gasteiger partial charge in [-0.15, -0.1) is 11.3 Å². The first-order valence-electron chi connectivity index (χ1n) is 15.1. The number of nitrogens with zero attached hydrogens (tertiary/aromatic N) is 1. The summed E-state index contributed by atoms with van der Waals surface area (Å²) in [6, 6.07) is 7.24. The van der Waals surface area contributed by atoms with Crippen LogP contribution < -0.4 is 20.1 Å². The monoisotopic (exact) mass is 714 g/mol. The number of benzene rings is 2. The van der Waals surface area contributed by atoms with Gasteiger partial charge < -0.3 is 29.7 Å². The van der Waals surface area contributed by atoms with E-state index >= 15 is 0 Å². The topological polar surface area (TPSA) is 118 Å². The van der Waals surface area contributed by atoms with Gasteiger partial charge in [-0.3, -0.25) is 4.79 Å². The van der Waals surface area contributed by atoms with Crippen molar-refractivity contribution in [3.63, 3.8) is 0 Å². The Kier molecular flexibility index (Phi) is 12.9. The predicted octanol–water partition coefficient (Wildman–Crippen LogP) is 4.98. The number of amides is 1. The third-order valence-corrected chi connectivity index (χ3v) is 10.1. The van der Waals surface area contributed by atoms with Gasteiger partial charge in [0.25, 0.3) is 10.0 Å². The molecule has 4 rings (SSSR count). The summed E-state index contributed by atoms with van der Waals surface area (Å²) in [4.78, 5) is 13.1. The van der Waals surface area contributed by atoms with Gasteiger partial charge >= 0.3 is 6.18 Å². The Hall–Kier alpha value is -3.62. The number of fused-ring (bicyclic) bond motifs is 1. The lowest BCUT2D eigenvalue weighted by Crippen LogP contribution is -2.40. The number of carbonyl (C=O) groups excluding carboxylic acids is 1. The quantitative estimate of drug-likeness (QED) is 0.121. The molecule has 1 aliphatic heterocycles. The Morgan fingerprint density at radius 1 is 1.08 bits per heavy atom. The van der Waals surface area contributed by atoms with Crippen molar-refractivity contribution in [3.8, 4) is 17.6 Å². The smallest absolute Gasteiger partial charge is 0.393 e. The Labute approximate surface area is 281 Å². The standard InChI is InChI=1S/C32H38F4N4O6S2/c1-21(41)39-48(42,43)30-19-28(46-17-16-45-3)27(18-25(30)33)37-11-5-8-29-24(20-32(34,35)36)23-6-4-7-26(31(23)47-29)38-22-9-12-40(13-10-22)14-15-44-2/h4,6-7,18-19,22,37-38H,9-17,20H2,1-3H3,(H,39,41). The Bertz CT molecular complexity index is 1750. The third-order valence-electron chi connectivity index (χ3n) is 7.47. The average molecular weight is 715 g/mol. The minimum Gasteiger partial charge on any atom is -0.489 e. The molecule has 1 fully saturated rings. The molecule has 0 saturated carbocycles. The summed E-state index contributed by atoms with van der Waals surface area (Å²) < 4.78 is 99.2. The lowest BCUT2D eigenvalue weighted by atomic mass is 10.0. The molecule has 0 spiro atoms. The van der Waals surface area contributed by atoms with Crippen LogP contribution in [0.1, 0.15) is 30.2 Å². The minimum atomic E-state index is -4.52. The highest BCUT2D eigenvalue weighted by Crippen LogP contribution is 2.39. The number of carbonyl (C=O) groups is 1. The molecule has 3 N–H and O–H groups in total. The molecule has 10 nitrogen and oxygen atoms in total. The molecule has 16 heteroatoms. The SMILES string of the molecule is COCCOc1cc(S(=O)(=O)NC(C)=O)c(F)cc1NCC#Cc1sc2c(NC3CCN(CCOC)CC3)cccc2c1CC(F)(F)F. The lowest BCUT2D eigenvalue weighted by molar-refractivity contribution is -0.127. The highest BCUT2D eigenvalue weighted by molar-refractivity contribution is 7.90. The highest BCUT2D eigenvalue weighted by Gasteiger charge is 2.31. The number of anilines is 2. The van der Waals surface area contributed by atoms with E-state index in [1.807, 2.05) is 6.07 Å². The molecule has 0 atom stereocenters. The normalized spacial score (nSPS) is 14.4. The third kappa shape index (κ3) is 10.2. The van der Waals surface area contributed by atoms with Crippen molar-refractivity contribution in [1.29, 1.82) is 0 Å². The molecule has 0 radical (unpaired) electrons. The van der Waals surface area contributed by atoms with Crippen molar-refractivity contribution in [2.75, 3.05) is 70.9 Å². The van der Waals surface area contributed by atoms with Crippen LogP contribution in [-0.2, 0) is 30.7 Å². The first-order chi connectivity index (χ1) is 22.8. The number of thiophene rings is 1. The number of likely N-dealkylation sites (tertiary alicyclic amines) is 1. The van der Waals surface area contributed by atoms with Gasteiger partial charge in [0.1, 0.15) is 23.1 Å². The molecule has 1 aromatic heterocycles. The number of nitrogens with one attached hydrogen (secondary N) is 3. The molecule has 1 saturated heterocycles. The second kappa shape index (κ2) is 16.7. The summed E-state index contributed by atoms with van der Waals surface area (Å²) in [5.41, 5.74) is 0.881. The molecule has 48 heavy (non-hydrogen) atoms. The van der Waals surface area contributed by atoms with Gasteiger partial charge in [0.2, 0.25) is 5.91 Å². The number of hydrogen-bond acceptors (Lipinski definition) is 10. The van der Waals surface area contributed by atoms with Gasteiger partial charge in [-0.05, 0) is 29.9 Å². The van der Waals surface area contributed by atoms with E-state index in [1.54, 1.807) is 24.0 Å². The van der Waals surface area contributed by atoms with Crippen LogP contribution in [0.2, 0.25) is 0 Å². The number of hydrogen-bond donors (Lipinski definition) is 3. The maximum atomic E-state index is 14.9. The Balaban J connectivity index is 1.58. The van der Waals surface area contributed by atoms with Crippen LogP contribution in [0.25, 0.3) is 10.1 Å². The van der Waals surface area contributed by atoms with Gasteiger partial charge in [0.15, 0.2) is 0 Å². The molecule has 1 amide bonds. The van der Waals surface area contributed by atoms with E-state index in [1.165, 1.54) is 18.4 Å². The number of alkyl halides is 3. The van der Waals surface area contributed by atoms with Gasteiger partial charge in [0, 0.05) is 59.0 Å². The summed E-state index contributed by atoms with van der Waals surface area (Å²) >= 11 is 1.18. The van der Waals surface area contributed by atoms with Crippen molar-refractivity contribution < 1.29 is 45.0 Å². The zero-order chi connectivity index (χ0) is 34.9. The van der Waals surface area contributed by atoms with Crippen molar-refractivity contribution in [1.82, 2.24) is 9.62 Å². The Morgan fingerprint density at radius 2 is 1.81 bits per heavy atom. The van der Waals surface area contributed by atoms with Crippen LogP contribution in [0.3, 0.4) is 0 Å². The first kappa shape index (κ1) is 37.2. The fourth-order valence-corrected chi connectivity index (χ4v) is 7.48. The summed E-state index contributed by atoms with van der Waals surface area (Å²) in [6.07, 6.45) is -3.85. The van der Waals surface area contributed by atoms with E-state index in [0.29, 0.717) is 16.7 Å². The molecule has 2 aromatic carbocycles. The summed E-state index contributed by atoms with van der Waals surface area (Å²) in [5.74, 6) is 3.56. The molecule has 262 valence electrons. The van der Waals surface area contributed by atoms with Gasteiger partial charge in [-0.1, -0.05) is 24.0 Å². The van der Waals surface area contributed by atoms with Crippen LogP contribution in [0.15, 0.2) is 35.2 Å². The molecule has 0 bridgehead atoms. The number of ether oxygens (including phenoxy) is 3. The van der Waals surface area contributed by atoms with Crippen LogP contribution in [0.5, 0.6) is 5.75 Å². The largest absolute Gasteiger partial charge is 0.489 e. The predicted molar refractivity (Wildman–Crippen MR) is 177 cm³/mol. The second-order valence-corrected chi connectivity index (χ2v) is 13.7. The van der Waals surface area contributed by atoms with Crippen LogP contribution in [0.4, 0.5) is 28.9 Å². The zero-order valence-electron chi connectivity index (χ0n) is 26.8. The second-order valence-electron chi connectivity index (χ2n) is 11.1. The van der Waals surface area contributed by atoms with E-state index < -0.39 is 39.2 Å². The van der Waals surface area contributed by atoms with Crippen molar-refractivity contribution in [3.05, 3.63) is 46.6 Å². The van der Waals surface area contributed by atoms with Crippen molar-refractivity contribution in [2.45, 2.75) is 43.3 Å². The number of piperidine rings is 1. The average Bonchev–Trinajstić information content (AvgIpc) is 3.35. The number of methoxy groups -OCH3 is 2. The number of halogens is 4. The lowest BCUT2D eigenvalue weighted by Gasteiger charge is -2.32. The Morgan fingerprint density at radius 3 is 2.48 bits per heavy atom. The van der Waals surface area contributed by atoms with Gasteiger partial charge in [0.05, 0.1) is 47.1 Å². The van der Waals surface area contributed by atoms with Gasteiger partial charge in [-0.25, -0.2) is 17.5 Å². The number of rotatable bonds is 14. The molecule has 1 aliphatic rings. The summed E-state index contributed by atoms with van der Waals surface area (Å²) in [5, 5.41) is 6.86. The number of sulfonamides is 1. The maximum Gasteiger partial charge on any atom is 0.393 e. The maximum absolute atomic E-state index is 14.9. The molecule has 0 aliphatic carbocycles. The molecule has 0 unspecified atom stereocenters. The fraction of sp³-hybridized carbons (Fsp3) is 0.469. The zero-order valence-corrected chi connectivity index (χ0v) is 28.4. The highest BCUT2D eigenvalue weighted by atomic mass is 32.2. The van der Waals surface area contributed by atoms with Crippen molar-refractivity contribution >= 4 is 48.7 Å². The van der Waals surface area contributed by atoms with E-state index in [-0.39, 0.29) is 47.7 Å². The van der Waals surface area contributed by atoms with E-state index in [9.17, 15) is 30.8 Å². The fourth-order valence-electron chi connectivity index (χ4n) is 5.24.